The molecule has 0 bridgehead atoms. The van der Waals surface area contributed by atoms with Crippen molar-refractivity contribution < 1.29 is 4.74 Å². The van der Waals surface area contributed by atoms with E-state index in [1.165, 1.54) is 18.4 Å². The molecule has 0 amide bonds. The van der Waals surface area contributed by atoms with Gasteiger partial charge in [-0.05, 0) is 42.5 Å². The van der Waals surface area contributed by atoms with Gasteiger partial charge in [0, 0.05) is 18.8 Å². The largest absolute Gasteiger partial charge is 0.486 e. The summed E-state index contributed by atoms with van der Waals surface area (Å²) in [6.07, 6.45) is 4.11. The maximum atomic E-state index is 6.04. The molecule has 0 aliphatic heterocycles. The van der Waals surface area contributed by atoms with Gasteiger partial charge in [0.2, 0.25) is 0 Å². The van der Waals surface area contributed by atoms with Gasteiger partial charge in [0.1, 0.15) is 6.61 Å². The lowest BCUT2D eigenvalue weighted by molar-refractivity contribution is 0.304. The van der Waals surface area contributed by atoms with Crippen LogP contribution < -0.4 is 15.6 Å². The molecule has 1 aliphatic carbocycles. The van der Waals surface area contributed by atoms with Crippen LogP contribution in [-0.2, 0) is 6.61 Å². The molecule has 21 heavy (non-hydrogen) atoms. The van der Waals surface area contributed by atoms with Gasteiger partial charge in [-0.15, -0.1) is 0 Å². The minimum Gasteiger partial charge on any atom is -0.486 e. The molecular weight excluding hydrogens is 286 g/mol. The van der Waals surface area contributed by atoms with Gasteiger partial charge in [-0.1, -0.05) is 23.7 Å². The molecule has 1 fully saturated rings. The molecule has 1 heterocycles. The molecular formula is C16H18ClN3O. The molecule has 2 N–H and O–H groups in total. The Morgan fingerprint density at radius 1 is 1.33 bits per heavy atom. The predicted octanol–water partition coefficient (Wildman–Crippen LogP) is 3.50. The molecule has 1 aromatic heterocycles. The summed E-state index contributed by atoms with van der Waals surface area (Å²) in [6.45, 7) is 0.439. The average Bonchev–Trinajstić information content (AvgIpc) is 3.30. The summed E-state index contributed by atoms with van der Waals surface area (Å²) < 4.78 is 5.86. The number of pyridine rings is 1. The third-order valence-electron chi connectivity index (χ3n) is 3.68. The quantitative estimate of drug-likeness (QED) is 0.522. The van der Waals surface area contributed by atoms with Crippen LogP contribution in [0.4, 0.5) is 5.69 Å². The van der Waals surface area contributed by atoms with Crippen molar-refractivity contribution in [1.29, 1.82) is 0 Å². The molecule has 5 heteroatoms. The van der Waals surface area contributed by atoms with Gasteiger partial charge in [-0.3, -0.25) is 0 Å². The van der Waals surface area contributed by atoms with Crippen LogP contribution >= 0.6 is 11.6 Å². The first-order chi connectivity index (χ1) is 10.2. The number of hydrogen-bond donors (Lipinski definition) is 1. The summed E-state index contributed by atoms with van der Waals surface area (Å²) in [6, 6.07) is 9.85. The number of aromatic nitrogens is 1. The van der Waals surface area contributed by atoms with Gasteiger partial charge in [0.05, 0.1) is 5.69 Å². The zero-order chi connectivity index (χ0) is 14.8. The van der Waals surface area contributed by atoms with E-state index in [2.05, 4.69) is 11.1 Å². The fourth-order valence-electron chi connectivity index (χ4n) is 2.49. The highest BCUT2D eigenvalue weighted by atomic mass is 35.5. The summed E-state index contributed by atoms with van der Waals surface area (Å²) >= 11 is 6.04. The highest BCUT2D eigenvalue weighted by Crippen LogP contribution is 2.43. The third-order valence-corrected chi connectivity index (χ3v) is 3.97. The van der Waals surface area contributed by atoms with Crippen molar-refractivity contribution in [2.24, 2.45) is 5.84 Å². The van der Waals surface area contributed by atoms with Crippen molar-refractivity contribution in [3.8, 4) is 5.75 Å². The Kier molecular flexibility index (Phi) is 3.99. The number of anilines is 1. The topological polar surface area (TPSA) is 51.4 Å². The maximum absolute atomic E-state index is 6.04. The van der Waals surface area contributed by atoms with Crippen molar-refractivity contribution in [3.05, 3.63) is 52.8 Å². The van der Waals surface area contributed by atoms with E-state index in [4.69, 9.17) is 22.2 Å². The molecule has 0 radical (unpaired) electrons. The van der Waals surface area contributed by atoms with Crippen LogP contribution in [0.15, 0.2) is 36.5 Å². The first kappa shape index (κ1) is 14.2. The Balaban J connectivity index is 1.88. The molecule has 0 saturated heterocycles. The lowest BCUT2D eigenvalue weighted by Crippen LogP contribution is -2.27. The molecule has 1 saturated carbocycles. The zero-order valence-corrected chi connectivity index (χ0v) is 12.7. The van der Waals surface area contributed by atoms with Gasteiger partial charge in [-0.2, -0.15) is 0 Å². The fourth-order valence-corrected chi connectivity index (χ4v) is 2.66. The summed E-state index contributed by atoms with van der Waals surface area (Å²) in [4.78, 5) is 4.02. The number of halogens is 1. The predicted molar refractivity (Wildman–Crippen MR) is 84.6 cm³/mol. The van der Waals surface area contributed by atoms with E-state index in [0.717, 1.165) is 11.3 Å². The fraction of sp³-hybridized carbons (Fsp3) is 0.312. The van der Waals surface area contributed by atoms with Crippen LogP contribution in [0.25, 0.3) is 0 Å². The van der Waals surface area contributed by atoms with E-state index < -0.39 is 0 Å². The Labute approximate surface area is 129 Å². The Morgan fingerprint density at radius 2 is 2.14 bits per heavy atom. The van der Waals surface area contributed by atoms with Crippen LogP contribution in [0.1, 0.15) is 29.9 Å². The summed E-state index contributed by atoms with van der Waals surface area (Å²) in [7, 11) is 1.84. The van der Waals surface area contributed by atoms with E-state index in [-0.39, 0.29) is 0 Å². The Morgan fingerprint density at radius 3 is 2.81 bits per heavy atom. The minimum absolute atomic E-state index is 0.379. The first-order valence-corrected chi connectivity index (χ1v) is 7.38. The van der Waals surface area contributed by atoms with Crippen molar-refractivity contribution in [3.63, 3.8) is 0 Å². The van der Waals surface area contributed by atoms with Crippen molar-refractivity contribution in [2.75, 3.05) is 12.1 Å². The van der Waals surface area contributed by atoms with Crippen LogP contribution in [0.5, 0.6) is 5.75 Å². The van der Waals surface area contributed by atoms with E-state index in [1.54, 1.807) is 11.2 Å². The second kappa shape index (κ2) is 5.92. The minimum atomic E-state index is 0.379. The van der Waals surface area contributed by atoms with Crippen molar-refractivity contribution >= 4 is 17.3 Å². The maximum Gasteiger partial charge on any atom is 0.171 e. The molecule has 110 valence electrons. The van der Waals surface area contributed by atoms with Crippen molar-refractivity contribution in [2.45, 2.75) is 25.4 Å². The molecule has 0 atom stereocenters. The highest BCUT2D eigenvalue weighted by Gasteiger charge is 2.27. The van der Waals surface area contributed by atoms with Gasteiger partial charge in [-0.25, -0.2) is 10.8 Å². The lowest BCUT2D eigenvalue weighted by Gasteiger charge is -2.20. The van der Waals surface area contributed by atoms with E-state index in [9.17, 15) is 0 Å². The summed E-state index contributed by atoms with van der Waals surface area (Å²) in [5.41, 5.74) is 3.44. The summed E-state index contributed by atoms with van der Waals surface area (Å²) in [5, 5.41) is 2.01. The molecule has 1 aromatic carbocycles. The zero-order valence-electron chi connectivity index (χ0n) is 11.9. The second-order valence-electron chi connectivity index (χ2n) is 5.31. The SMILES string of the molecule is CN(N)c1cccc(C2CC2)c1COc1cccnc1Cl. The third kappa shape index (κ3) is 3.12. The number of rotatable bonds is 5. The number of nitrogens with zero attached hydrogens (tertiary/aromatic N) is 2. The summed E-state index contributed by atoms with van der Waals surface area (Å²) in [5.74, 6) is 7.17. The first-order valence-electron chi connectivity index (χ1n) is 7.00. The smallest absolute Gasteiger partial charge is 0.171 e. The molecule has 0 spiro atoms. The van der Waals surface area contributed by atoms with Crippen molar-refractivity contribution in [1.82, 2.24) is 4.98 Å². The highest BCUT2D eigenvalue weighted by molar-refractivity contribution is 6.30. The van der Waals surface area contributed by atoms with Gasteiger partial charge < -0.3 is 9.75 Å². The monoisotopic (exact) mass is 303 g/mol. The number of hydrazine groups is 1. The van der Waals surface area contributed by atoms with Gasteiger partial charge in [0.15, 0.2) is 10.9 Å². The number of hydrogen-bond acceptors (Lipinski definition) is 4. The molecule has 3 rings (SSSR count). The molecule has 2 aromatic rings. The average molecular weight is 304 g/mol. The van der Waals surface area contributed by atoms with E-state index >= 15 is 0 Å². The van der Waals surface area contributed by atoms with E-state index in [0.29, 0.717) is 23.4 Å². The molecule has 0 unspecified atom stereocenters. The van der Waals surface area contributed by atoms with Crippen LogP contribution in [0.2, 0.25) is 5.15 Å². The van der Waals surface area contributed by atoms with Gasteiger partial charge in [0.25, 0.3) is 0 Å². The normalized spacial score (nSPS) is 14.0. The van der Waals surface area contributed by atoms with Crippen LogP contribution in [-0.4, -0.2) is 12.0 Å². The Hall–Kier alpha value is -1.78. The Bertz CT molecular complexity index is 621. The van der Waals surface area contributed by atoms with E-state index in [1.807, 2.05) is 31.3 Å². The van der Waals surface area contributed by atoms with Crippen LogP contribution in [0.3, 0.4) is 0 Å². The number of ether oxygens (including phenoxy) is 1. The molecule has 4 nitrogen and oxygen atoms in total. The lowest BCUT2D eigenvalue weighted by atomic mass is 10.0. The van der Waals surface area contributed by atoms with Gasteiger partial charge >= 0.3 is 0 Å². The number of benzene rings is 1. The molecule has 1 aliphatic rings. The standard InChI is InChI=1S/C16H18ClN3O/c1-20(18)14-5-2-4-12(11-7-8-11)13(14)10-21-15-6-3-9-19-16(15)17/h2-6,9,11H,7-8,10,18H2,1H3. The van der Waals surface area contributed by atoms with Crippen LogP contribution in [0, 0.1) is 0 Å². The number of nitrogens with two attached hydrogens (primary N) is 1. The second-order valence-corrected chi connectivity index (χ2v) is 5.67.